The molecule has 1 amide bonds. The standard InChI is InChI=1S/C29H24N4O3/c1-36-29(35)22-10-8-9-21(17-22)19-33-20-23(24-11-2-4-13-26(24)33)18-30-31-28(34)25-12-3-5-14-27(25)32-15-6-7-16-32/h2-18,20H,19H2,1H3,(H,31,34)/b30-18-. The van der Waals surface area contributed by atoms with E-state index in [0.29, 0.717) is 17.7 Å². The van der Waals surface area contributed by atoms with Gasteiger partial charge in [0.1, 0.15) is 0 Å². The highest BCUT2D eigenvalue weighted by Crippen LogP contribution is 2.22. The van der Waals surface area contributed by atoms with Gasteiger partial charge in [-0.25, -0.2) is 10.2 Å². The van der Waals surface area contributed by atoms with Gasteiger partial charge >= 0.3 is 5.97 Å². The molecule has 7 nitrogen and oxygen atoms in total. The number of nitrogens with one attached hydrogen (secondary N) is 1. The molecule has 0 aliphatic heterocycles. The van der Waals surface area contributed by atoms with Gasteiger partial charge in [-0.1, -0.05) is 42.5 Å². The molecular weight excluding hydrogens is 452 g/mol. The monoisotopic (exact) mass is 476 g/mol. The van der Waals surface area contributed by atoms with E-state index in [1.54, 1.807) is 18.3 Å². The number of methoxy groups -OCH3 is 1. The number of hydrazone groups is 1. The summed E-state index contributed by atoms with van der Waals surface area (Å²) in [5.41, 5.74) is 7.33. The van der Waals surface area contributed by atoms with Crippen LogP contribution in [0.25, 0.3) is 16.6 Å². The molecule has 1 N–H and O–H groups in total. The molecule has 0 atom stereocenters. The molecule has 36 heavy (non-hydrogen) atoms. The Kier molecular flexibility index (Phi) is 6.44. The predicted molar refractivity (Wildman–Crippen MR) is 140 cm³/mol. The molecule has 2 aromatic heterocycles. The fraction of sp³-hybridized carbons (Fsp3) is 0.0690. The van der Waals surface area contributed by atoms with E-state index in [4.69, 9.17) is 4.74 Å². The highest BCUT2D eigenvalue weighted by atomic mass is 16.5. The topological polar surface area (TPSA) is 77.6 Å². The second-order valence-corrected chi connectivity index (χ2v) is 8.23. The summed E-state index contributed by atoms with van der Waals surface area (Å²) in [7, 11) is 1.37. The minimum atomic E-state index is -0.365. The first kappa shape index (κ1) is 22.9. The molecule has 0 saturated carbocycles. The van der Waals surface area contributed by atoms with E-state index in [2.05, 4.69) is 15.1 Å². The summed E-state index contributed by atoms with van der Waals surface area (Å²) in [6, 6.07) is 26.6. The number of nitrogens with zero attached hydrogens (tertiary/aromatic N) is 3. The largest absolute Gasteiger partial charge is 0.465 e. The Morgan fingerprint density at radius 3 is 2.56 bits per heavy atom. The van der Waals surface area contributed by atoms with Crippen molar-refractivity contribution in [2.24, 2.45) is 5.10 Å². The number of carbonyl (C=O) groups excluding carboxylic acids is 2. The molecule has 0 fully saturated rings. The third-order valence-corrected chi connectivity index (χ3v) is 5.92. The highest BCUT2D eigenvalue weighted by molar-refractivity contribution is 6.01. The van der Waals surface area contributed by atoms with Gasteiger partial charge in [0.25, 0.3) is 5.91 Å². The van der Waals surface area contributed by atoms with E-state index in [-0.39, 0.29) is 11.9 Å². The Balaban J connectivity index is 1.38. The molecule has 0 spiro atoms. The van der Waals surface area contributed by atoms with Gasteiger partial charge < -0.3 is 13.9 Å². The maximum atomic E-state index is 12.9. The molecule has 178 valence electrons. The molecule has 0 radical (unpaired) electrons. The van der Waals surface area contributed by atoms with Crippen molar-refractivity contribution in [3.05, 3.63) is 126 Å². The summed E-state index contributed by atoms with van der Waals surface area (Å²) in [4.78, 5) is 24.8. The minimum absolute atomic E-state index is 0.293. The molecule has 0 unspecified atom stereocenters. The number of benzene rings is 3. The number of amides is 1. The maximum absolute atomic E-state index is 12.9. The van der Waals surface area contributed by atoms with Crippen LogP contribution in [0, 0.1) is 0 Å². The van der Waals surface area contributed by atoms with E-state index in [9.17, 15) is 9.59 Å². The summed E-state index contributed by atoms with van der Waals surface area (Å²) in [6.07, 6.45) is 7.43. The zero-order valence-electron chi connectivity index (χ0n) is 19.7. The lowest BCUT2D eigenvalue weighted by Gasteiger charge is -2.08. The van der Waals surface area contributed by atoms with Crippen molar-refractivity contribution in [1.29, 1.82) is 0 Å². The molecule has 7 heteroatoms. The molecule has 2 heterocycles. The molecule has 3 aromatic carbocycles. The summed E-state index contributed by atoms with van der Waals surface area (Å²) in [6.45, 7) is 0.565. The maximum Gasteiger partial charge on any atom is 0.337 e. The van der Waals surface area contributed by atoms with Gasteiger partial charge in [-0.2, -0.15) is 5.10 Å². The lowest BCUT2D eigenvalue weighted by Crippen LogP contribution is -2.19. The Morgan fingerprint density at radius 1 is 0.944 bits per heavy atom. The lowest BCUT2D eigenvalue weighted by molar-refractivity contribution is 0.0600. The molecule has 5 rings (SSSR count). The van der Waals surface area contributed by atoms with E-state index in [1.165, 1.54) is 7.11 Å². The summed E-state index contributed by atoms with van der Waals surface area (Å²) in [5, 5.41) is 5.26. The van der Waals surface area contributed by atoms with E-state index in [0.717, 1.165) is 27.7 Å². The third kappa shape index (κ3) is 4.67. The molecular formula is C29H24N4O3. The summed E-state index contributed by atoms with van der Waals surface area (Å²) >= 11 is 0. The van der Waals surface area contributed by atoms with Crippen LogP contribution in [0.2, 0.25) is 0 Å². The number of hydrogen-bond acceptors (Lipinski definition) is 4. The van der Waals surface area contributed by atoms with E-state index in [1.807, 2.05) is 96.0 Å². The van der Waals surface area contributed by atoms with Gasteiger partial charge in [-0.3, -0.25) is 4.79 Å². The first-order valence-corrected chi connectivity index (χ1v) is 11.4. The van der Waals surface area contributed by atoms with E-state index >= 15 is 0 Å². The summed E-state index contributed by atoms with van der Waals surface area (Å²) < 4.78 is 8.82. The van der Waals surface area contributed by atoms with Crippen LogP contribution in [-0.2, 0) is 11.3 Å². The van der Waals surface area contributed by atoms with Crippen molar-refractivity contribution in [1.82, 2.24) is 14.6 Å². The lowest BCUT2D eigenvalue weighted by atomic mass is 10.1. The minimum Gasteiger partial charge on any atom is -0.465 e. The fourth-order valence-electron chi connectivity index (χ4n) is 4.23. The van der Waals surface area contributed by atoms with Crippen molar-refractivity contribution in [3.63, 3.8) is 0 Å². The van der Waals surface area contributed by atoms with Crippen molar-refractivity contribution in [3.8, 4) is 5.69 Å². The number of rotatable bonds is 7. The molecule has 5 aromatic rings. The zero-order chi connectivity index (χ0) is 24.9. The second kappa shape index (κ2) is 10.1. The first-order valence-electron chi connectivity index (χ1n) is 11.4. The van der Waals surface area contributed by atoms with Gasteiger partial charge in [0.2, 0.25) is 0 Å². The van der Waals surface area contributed by atoms with Crippen molar-refractivity contribution >= 4 is 29.0 Å². The number of fused-ring (bicyclic) bond motifs is 1. The highest BCUT2D eigenvalue weighted by Gasteiger charge is 2.12. The fourth-order valence-corrected chi connectivity index (χ4v) is 4.23. The van der Waals surface area contributed by atoms with Gasteiger partial charge in [0.05, 0.1) is 30.1 Å². The Morgan fingerprint density at radius 2 is 1.72 bits per heavy atom. The Labute approximate surface area is 208 Å². The van der Waals surface area contributed by atoms with Gasteiger partial charge in [0.15, 0.2) is 0 Å². The molecule has 0 saturated heterocycles. The molecule has 0 bridgehead atoms. The quantitative estimate of drug-likeness (QED) is 0.203. The molecule has 0 aliphatic carbocycles. The summed E-state index contributed by atoms with van der Waals surface area (Å²) in [5.74, 6) is -0.657. The normalized spacial score (nSPS) is 11.1. The smallest absolute Gasteiger partial charge is 0.337 e. The molecule has 0 aliphatic rings. The SMILES string of the molecule is COC(=O)c1cccc(Cn2cc(/C=N\NC(=O)c3ccccc3-n3cccc3)c3ccccc32)c1. The van der Waals surface area contributed by atoms with Crippen LogP contribution in [0.15, 0.2) is 109 Å². The predicted octanol–water partition coefficient (Wildman–Crippen LogP) is 5.03. The number of esters is 1. The zero-order valence-corrected chi connectivity index (χ0v) is 19.7. The number of para-hydroxylation sites is 2. The van der Waals surface area contributed by atoms with Crippen LogP contribution in [0.5, 0.6) is 0 Å². The number of carbonyl (C=O) groups is 2. The van der Waals surface area contributed by atoms with Gasteiger partial charge in [-0.05, 0) is 48.0 Å². The Hall–Kier alpha value is -4.91. The number of hydrogen-bond donors (Lipinski definition) is 1. The van der Waals surface area contributed by atoms with Crippen LogP contribution in [0.4, 0.5) is 0 Å². The van der Waals surface area contributed by atoms with Crippen molar-refractivity contribution < 1.29 is 14.3 Å². The van der Waals surface area contributed by atoms with Crippen LogP contribution < -0.4 is 5.43 Å². The van der Waals surface area contributed by atoms with Crippen LogP contribution in [-0.4, -0.2) is 34.3 Å². The van der Waals surface area contributed by atoms with Crippen molar-refractivity contribution in [2.75, 3.05) is 7.11 Å². The van der Waals surface area contributed by atoms with Crippen LogP contribution in [0.1, 0.15) is 31.8 Å². The average molecular weight is 477 g/mol. The van der Waals surface area contributed by atoms with Crippen molar-refractivity contribution in [2.45, 2.75) is 6.54 Å². The Bertz CT molecular complexity index is 1560. The third-order valence-electron chi connectivity index (χ3n) is 5.92. The van der Waals surface area contributed by atoms with E-state index < -0.39 is 0 Å². The van der Waals surface area contributed by atoms with Crippen LogP contribution in [0.3, 0.4) is 0 Å². The number of ether oxygens (including phenoxy) is 1. The van der Waals surface area contributed by atoms with Gasteiger partial charge in [0, 0.05) is 41.6 Å². The number of aromatic nitrogens is 2. The second-order valence-electron chi connectivity index (χ2n) is 8.23. The average Bonchev–Trinajstić information content (AvgIpc) is 3.57. The van der Waals surface area contributed by atoms with Crippen LogP contribution >= 0.6 is 0 Å². The first-order chi connectivity index (χ1) is 17.6. The van der Waals surface area contributed by atoms with Gasteiger partial charge in [-0.15, -0.1) is 0 Å².